The number of hydrogen-bond donors (Lipinski definition) is 0. The number of piperidine rings is 1. The van der Waals surface area contributed by atoms with Gasteiger partial charge in [0.2, 0.25) is 0 Å². The summed E-state index contributed by atoms with van der Waals surface area (Å²) in [5, 5.41) is 0. The zero-order chi connectivity index (χ0) is 24.8. The lowest BCUT2D eigenvalue weighted by molar-refractivity contribution is -0.0874. The molecule has 0 radical (unpaired) electrons. The standard InChI is InChI=1S/C26H31FN2O5S/c1-17(2)33-24-14-26(34-23-8-5-19(27)13-21(23)24)9-11-29(12-10-26)25(30)22-7-6-20(15-28-22)35(31,32)16-18-3-4-18/h5-8,13,15,17-18,24H,3-4,9-12,14,16H2,1-2H3. The molecule has 9 heteroatoms. The Morgan fingerprint density at radius 1 is 1.23 bits per heavy atom. The number of amides is 1. The molecule has 2 aromatic rings. The maximum Gasteiger partial charge on any atom is 0.272 e. The molecule has 2 aliphatic heterocycles. The molecule has 1 aromatic carbocycles. The quantitative estimate of drug-likeness (QED) is 0.585. The molecule has 3 heterocycles. The van der Waals surface area contributed by atoms with E-state index in [2.05, 4.69) is 4.98 Å². The Kier molecular flexibility index (Phi) is 6.34. The fraction of sp³-hybridized carbons (Fsp3) is 0.538. The number of carbonyl (C=O) groups is 1. The van der Waals surface area contributed by atoms with Crippen LogP contribution < -0.4 is 4.74 Å². The first kappa shape index (κ1) is 24.2. The summed E-state index contributed by atoms with van der Waals surface area (Å²) >= 11 is 0. The molecule has 188 valence electrons. The van der Waals surface area contributed by atoms with Crippen molar-refractivity contribution in [2.24, 2.45) is 5.92 Å². The highest BCUT2D eigenvalue weighted by Crippen LogP contribution is 2.46. The van der Waals surface area contributed by atoms with Crippen LogP contribution in [-0.4, -0.2) is 54.8 Å². The van der Waals surface area contributed by atoms with Gasteiger partial charge in [0.05, 0.1) is 22.9 Å². The predicted molar refractivity (Wildman–Crippen MR) is 127 cm³/mol. The van der Waals surface area contributed by atoms with Gasteiger partial charge in [-0.3, -0.25) is 4.79 Å². The average molecular weight is 503 g/mol. The average Bonchev–Trinajstić information content (AvgIpc) is 3.63. The summed E-state index contributed by atoms with van der Waals surface area (Å²) in [7, 11) is -3.36. The van der Waals surface area contributed by atoms with E-state index in [9.17, 15) is 17.6 Å². The molecule has 1 atom stereocenters. The van der Waals surface area contributed by atoms with E-state index in [-0.39, 0.29) is 46.2 Å². The van der Waals surface area contributed by atoms with Gasteiger partial charge in [0.1, 0.15) is 22.9 Å². The minimum absolute atomic E-state index is 0.0185. The van der Waals surface area contributed by atoms with E-state index in [4.69, 9.17) is 9.47 Å². The third-order valence-electron chi connectivity index (χ3n) is 7.07. The number of rotatable bonds is 6. The van der Waals surface area contributed by atoms with Crippen molar-refractivity contribution in [2.45, 2.75) is 68.7 Å². The second-order valence-corrected chi connectivity index (χ2v) is 12.3. The zero-order valence-electron chi connectivity index (χ0n) is 20.1. The van der Waals surface area contributed by atoms with Crippen molar-refractivity contribution in [1.29, 1.82) is 0 Å². The molecule has 0 N–H and O–H groups in total. The van der Waals surface area contributed by atoms with Gasteiger partial charge in [-0.25, -0.2) is 17.8 Å². The van der Waals surface area contributed by atoms with Crippen LogP contribution in [0.5, 0.6) is 5.75 Å². The zero-order valence-corrected chi connectivity index (χ0v) is 20.9. The molecular formula is C26H31FN2O5S. The fourth-order valence-corrected chi connectivity index (χ4v) is 6.64. The Balaban J connectivity index is 1.26. The van der Waals surface area contributed by atoms with Gasteiger partial charge in [-0.15, -0.1) is 0 Å². The second-order valence-electron chi connectivity index (χ2n) is 10.2. The highest BCUT2D eigenvalue weighted by atomic mass is 32.2. The van der Waals surface area contributed by atoms with E-state index in [0.717, 1.165) is 18.4 Å². The van der Waals surface area contributed by atoms with Crippen LogP contribution in [0.4, 0.5) is 4.39 Å². The molecule has 1 saturated carbocycles. The number of sulfone groups is 1. The van der Waals surface area contributed by atoms with E-state index >= 15 is 0 Å². The molecular weight excluding hydrogens is 471 g/mol. The maximum atomic E-state index is 13.9. The van der Waals surface area contributed by atoms with Crippen LogP contribution in [0.15, 0.2) is 41.4 Å². The molecule has 1 spiro atoms. The van der Waals surface area contributed by atoms with Crippen molar-refractivity contribution < 1.29 is 27.1 Å². The van der Waals surface area contributed by atoms with Crippen LogP contribution in [0, 0.1) is 11.7 Å². The molecule has 3 aliphatic rings. The molecule has 2 fully saturated rings. The van der Waals surface area contributed by atoms with Gasteiger partial charge in [0.15, 0.2) is 9.84 Å². The van der Waals surface area contributed by atoms with E-state index in [1.54, 1.807) is 11.0 Å². The molecule has 1 unspecified atom stereocenters. The fourth-order valence-electron chi connectivity index (χ4n) is 5.00. The Labute approximate surface area is 205 Å². The van der Waals surface area contributed by atoms with Crippen LogP contribution in [0.3, 0.4) is 0 Å². The number of likely N-dealkylation sites (tertiary alicyclic amines) is 1. The number of pyridine rings is 1. The number of ether oxygens (including phenoxy) is 2. The van der Waals surface area contributed by atoms with Crippen molar-refractivity contribution >= 4 is 15.7 Å². The molecule has 35 heavy (non-hydrogen) atoms. The minimum Gasteiger partial charge on any atom is -0.487 e. The Morgan fingerprint density at radius 2 is 1.97 bits per heavy atom. The lowest BCUT2D eigenvalue weighted by atomic mass is 9.81. The van der Waals surface area contributed by atoms with Gasteiger partial charge < -0.3 is 14.4 Å². The van der Waals surface area contributed by atoms with Crippen LogP contribution in [-0.2, 0) is 14.6 Å². The monoisotopic (exact) mass is 502 g/mol. The molecule has 1 saturated heterocycles. The first-order valence-electron chi connectivity index (χ1n) is 12.3. The summed E-state index contributed by atoms with van der Waals surface area (Å²) in [4.78, 5) is 19.1. The summed E-state index contributed by atoms with van der Waals surface area (Å²) in [6.45, 7) is 4.87. The summed E-state index contributed by atoms with van der Waals surface area (Å²) in [6, 6.07) is 7.51. The topological polar surface area (TPSA) is 85.8 Å². The molecule has 1 amide bonds. The summed E-state index contributed by atoms with van der Waals surface area (Å²) in [5.41, 5.74) is 0.469. The highest BCUT2D eigenvalue weighted by molar-refractivity contribution is 7.91. The highest BCUT2D eigenvalue weighted by Gasteiger charge is 2.45. The van der Waals surface area contributed by atoms with Gasteiger partial charge >= 0.3 is 0 Å². The molecule has 1 aromatic heterocycles. The van der Waals surface area contributed by atoms with E-state index < -0.39 is 15.4 Å². The Bertz CT molecular complexity index is 1200. The summed E-state index contributed by atoms with van der Waals surface area (Å²) in [5.74, 6) is 0.487. The SMILES string of the molecule is CC(C)OC1CC2(CCN(C(=O)c3ccc(S(=O)(=O)CC4CC4)cn3)CC2)Oc2ccc(F)cc21. The first-order valence-corrected chi connectivity index (χ1v) is 13.9. The number of benzene rings is 1. The van der Waals surface area contributed by atoms with Gasteiger partial charge in [-0.05, 0) is 62.9 Å². The number of fused-ring (bicyclic) bond motifs is 1. The van der Waals surface area contributed by atoms with E-state index in [1.165, 1.54) is 30.5 Å². The lowest BCUT2D eigenvalue weighted by Gasteiger charge is -2.47. The van der Waals surface area contributed by atoms with E-state index in [0.29, 0.717) is 38.1 Å². The predicted octanol–water partition coefficient (Wildman–Crippen LogP) is 4.33. The van der Waals surface area contributed by atoms with Gasteiger partial charge in [0, 0.05) is 44.1 Å². The van der Waals surface area contributed by atoms with Crippen molar-refractivity contribution in [3.05, 3.63) is 53.6 Å². The Morgan fingerprint density at radius 3 is 2.60 bits per heavy atom. The molecule has 0 bridgehead atoms. The van der Waals surface area contributed by atoms with Crippen LogP contribution in [0.25, 0.3) is 0 Å². The number of aromatic nitrogens is 1. The van der Waals surface area contributed by atoms with Crippen molar-refractivity contribution in [3.8, 4) is 5.75 Å². The number of carbonyl (C=O) groups excluding carboxylic acids is 1. The molecule has 1 aliphatic carbocycles. The number of nitrogens with zero attached hydrogens (tertiary/aromatic N) is 2. The van der Waals surface area contributed by atoms with Crippen LogP contribution in [0.2, 0.25) is 0 Å². The van der Waals surface area contributed by atoms with Gasteiger partial charge in [0.25, 0.3) is 5.91 Å². The molecule has 5 rings (SSSR count). The largest absolute Gasteiger partial charge is 0.487 e. The van der Waals surface area contributed by atoms with Crippen LogP contribution >= 0.6 is 0 Å². The minimum atomic E-state index is -3.36. The molecule has 7 nitrogen and oxygen atoms in total. The van der Waals surface area contributed by atoms with Gasteiger partial charge in [-0.1, -0.05) is 0 Å². The normalized spacial score (nSPS) is 21.6. The first-order chi connectivity index (χ1) is 16.6. The number of halogens is 1. The third kappa shape index (κ3) is 5.21. The third-order valence-corrected chi connectivity index (χ3v) is 8.94. The summed E-state index contributed by atoms with van der Waals surface area (Å²) < 4.78 is 51.3. The maximum absolute atomic E-state index is 13.9. The van der Waals surface area contributed by atoms with Crippen LogP contribution in [0.1, 0.15) is 68.1 Å². The Hall–Kier alpha value is -2.52. The lowest BCUT2D eigenvalue weighted by Crippen LogP contribution is -2.52. The summed E-state index contributed by atoms with van der Waals surface area (Å²) in [6.07, 6.45) is 4.73. The van der Waals surface area contributed by atoms with Crippen molar-refractivity contribution in [2.75, 3.05) is 18.8 Å². The smallest absolute Gasteiger partial charge is 0.272 e. The van der Waals surface area contributed by atoms with Crippen molar-refractivity contribution in [3.63, 3.8) is 0 Å². The van der Waals surface area contributed by atoms with E-state index in [1.807, 2.05) is 13.8 Å². The van der Waals surface area contributed by atoms with Gasteiger partial charge in [-0.2, -0.15) is 0 Å². The van der Waals surface area contributed by atoms with Crippen molar-refractivity contribution in [1.82, 2.24) is 9.88 Å². The second kappa shape index (κ2) is 9.17. The number of hydrogen-bond acceptors (Lipinski definition) is 6.